The van der Waals surface area contributed by atoms with Gasteiger partial charge in [-0.25, -0.2) is 0 Å². The Labute approximate surface area is 81.2 Å². The van der Waals surface area contributed by atoms with Gasteiger partial charge in [0.05, 0.1) is 0 Å². The predicted octanol–water partition coefficient (Wildman–Crippen LogP) is 3.31. The first-order valence-corrected chi connectivity index (χ1v) is 4.90. The monoisotopic (exact) mass is 177 g/mol. The van der Waals surface area contributed by atoms with Crippen LogP contribution in [-0.2, 0) is 6.42 Å². The van der Waals surface area contributed by atoms with E-state index in [-0.39, 0.29) is 0 Å². The highest BCUT2D eigenvalue weighted by Crippen LogP contribution is 2.27. The van der Waals surface area contributed by atoms with Gasteiger partial charge in [-0.15, -0.1) is 0 Å². The van der Waals surface area contributed by atoms with E-state index in [1.807, 2.05) is 12.3 Å². The largest absolute Gasteiger partial charge is 0.261 e. The quantitative estimate of drug-likeness (QED) is 0.675. The van der Waals surface area contributed by atoms with Gasteiger partial charge in [-0.05, 0) is 29.9 Å². The van der Waals surface area contributed by atoms with Crippen LogP contribution in [0.25, 0.3) is 0 Å². The average molecular weight is 177 g/mol. The molecular weight excluding hydrogens is 158 g/mol. The Hall–Kier alpha value is -0.850. The third-order valence-corrected chi connectivity index (χ3v) is 2.72. The van der Waals surface area contributed by atoms with Crippen molar-refractivity contribution in [3.63, 3.8) is 0 Å². The maximum absolute atomic E-state index is 4.33. The SMILES string of the molecule is C[C@H](Cc1ccccn1)C(C)(C)C. The van der Waals surface area contributed by atoms with Gasteiger partial charge in [0, 0.05) is 11.9 Å². The van der Waals surface area contributed by atoms with Gasteiger partial charge in [0.25, 0.3) is 0 Å². The summed E-state index contributed by atoms with van der Waals surface area (Å²) in [5.41, 5.74) is 1.57. The highest BCUT2D eigenvalue weighted by Gasteiger charge is 2.20. The Kier molecular flexibility index (Phi) is 3.07. The van der Waals surface area contributed by atoms with Crippen molar-refractivity contribution in [2.24, 2.45) is 11.3 Å². The molecule has 1 heterocycles. The normalized spacial score (nSPS) is 14.2. The molecule has 0 N–H and O–H groups in total. The maximum atomic E-state index is 4.33. The second-order valence-electron chi connectivity index (χ2n) is 4.79. The zero-order chi connectivity index (χ0) is 9.90. The smallest absolute Gasteiger partial charge is 0.0406 e. The van der Waals surface area contributed by atoms with E-state index in [1.54, 1.807) is 0 Å². The Morgan fingerprint density at radius 1 is 1.31 bits per heavy atom. The summed E-state index contributed by atoms with van der Waals surface area (Å²) in [5, 5.41) is 0. The zero-order valence-electron chi connectivity index (χ0n) is 9.04. The van der Waals surface area contributed by atoms with Gasteiger partial charge in [-0.2, -0.15) is 0 Å². The summed E-state index contributed by atoms with van der Waals surface area (Å²) < 4.78 is 0. The molecule has 1 nitrogen and oxygen atoms in total. The number of hydrogen-bond donors (Lipinski definition) is 0. The molecule has 0 saturated carbocycles. The molecule has 0 aromatic carbocycles. The summed E-state index contributed by atoms with van der Waals surface area (Å²) in [5.74, 6) is 0.669. The van der Waals surface area contributed by atoms with Gasteiger partial charge in [0.1, 0.15) is 0 Å². The first kappa shape index (κ1) is 10.2. The third-order valence-electron chi connectivity index (χ3n) is 2.72. The van der Waals surface area contributed by atoms with E-state index in [0.29, 0.717) is 11.3 Å². The van der Waals surface area contributed by atoms with Crippen molar-refractivity contribution in [3.05, 3.63) is 30.1 Å². The minimum atomic E-state index is 0.373. The standard InChI is InChI=1S/C12H19N/c1-10(12(2,3)4)9-11-7-5-6-8-13-11/h5-8,10H,9H2,1-4H3/t10-/m1/s1. The third kappa shape index (κ3) is 3.17. The van der Waals surface area contributed by atoms with Crippen LogP contribution < -0.4 is 0 Å². The van der Waals surface area contributed by atoms with Crippen molar-refractivity contribution < 1.29 is 0 Å². The summed E-state index contributed by atoms with van der Waals surface area (Å²) in [4.78, 5) is 4.33. The van der Waals surface area contributed by atoms with Gasteiger partial charge >= 0.3 is 0 Å². The molecule has 0 aliphatic carbocycles. The highest BCUT2D eigenvalue weighted by atomic mass is 14.7. The zero-order valence-corrected chi connectivity index (χ0v) is 9.04. The summed E-state index contributed by atoms with van der Waals surface area (Å²) in [7, 11) is 0. The van der Waals surface area contributed by atoms with Crippen LogP contribution in [0, 0.1) is 11.3 Å². The van der Waals surface area contributed by atoms with Crippen LogP contribution in [0.4, 0.5) is 0 Å². The lowest BCUT2D eigenvalue weighted by molar-refractivity contribution is 0.258. The molecule has 0 unspecified atom stereocenters. The summed E-state index contributed by atoms with van der Waals surface area (Å²) in [6.45, 7) is 9.12. The molecule has 0 saturated heterocycles. The van der Waals surface area contributed by atoms with Crippen LogP contribution in [0.15, 0.2) is 24.4 Å². The fourth-order valence-electron chi connectivity index (χ4n) is 1.14. The minimum absolute atomic E-state index is 0.373. The lowest BCUT2D eigenvalue weighted by Gasteiger charge is -2.26. The van der Waals surface area contributed by atoms with E-state index in [2.05, 4.69) is 44.8 Å². The fraction of sp³-hybridized carbons (Fsp3) is 0.583. The van der Waals surface area contributed by atoms with Gasteiger partial charge in [-0.1, -0.05) is 33.8 Å². The first-order chi connectivity index (χ1) is 6.00. The molecular formula is C12H19N. The van der Waals surface area contributed by atoms with Crippen molar-refractivity contribution in [2.75, 3.05) is 0 Å². The Morgan fingerprint density at radius 3 is 2.46 bits per heavy atom. The second-order valence-corrected chi connectivity index (χ2v) is 4.79. The van der Waals surface area contributed by atoms with Crippen LogP contribution >= 0.6 is 0 Å². The van der Waals surface area contributed by atoms with Crippen molar-refractivity contribution in [2.45, 2.75) is 34.1 Å². The summed E-state index contributed by atoms with van der Waals surface area (Å²) in [6, 6.07) is 6.12. The predicted molar refractivity (Wildman–Crippen MR) is 56.6 cm³/mol. The van der Waals surface area contributed by atoms with E-state index < -0.39 is 0 Å². The van der Waals surface area contributed by atoms with E-state index in [4.69, 9.17) is 0 Å². The summed E-state index contributed by atoms with van der Waals surface area (Å²) in [6.07, 6.45) is 2.94. The van der Waals surface area contributed by atoms with Crippen molar-refractivity contribution >= 4 is 0 Å². The van der Waals surface area contributed by atoms with Crippen LogP contribution in [-0.4, -0.2) is 4.98 Å². The molecule has 72 valence electrons. The topological polar surface area (TPSA) is 12.9 Å². The number of aromatic nitrogens is 1. The molecule has 0 aliphatic rings. The molecule has 1 aromatic heterocycles. The molecule has 13 heavy (non-hydrogen) atoms. The second kappa shape index (κ2) is 3.91. The highest BCUT2D eigenvalue weighted by molar-refractivity contribution is 5.04. The number of nitrogens with zero attached hydrogens (tertiary/aromatic N) is 1. The van der Waals surface area contributed by atoms with Crippen molar-refractivity contribution in [1.82, 2.24) is 4.98 Å². The summed E-state index contributed by atoms with van der Waals surface area (Å²) >= 11 is 0. The molecule has 0 fully saturated rings. The van der Waals surface area contributed by atoms with Crippen LogP contribution in [0.2, 0.25) is 0 Å². The molecule has 0 spiro atoms. The Bertz CT molecular complexity index is 246. The molecule has 0 radical (unpaired) electrons. The number of pyridine rings is 1. The number of hydrogen-bond acceptors (Lipinski definition) is 1. The van der Waals surface area contributed by atoms with E-state index in [0.717, 1.165) is 6.42 Å². The van der Waals surface area contributed by atoms with Crippen LogP contribution in [0.3, 0.4) is 0 Å². The van der Waals surface area contributed by atoms with Crippen molar-refractivity contribution in [3.8, 4) is 0 Å². The molecule has 0 bridgehead atoms. The minimum Gasteiger partial charge on any atom is -0.261 e. The van der Waals surface area contributed by atoms with E-state index >= 15 is 0 Å². The van der Waals surface area contributed by atoms with Crippen LogP contribution in [0.1, 0.15) is 33.4 Å². The molecule has 1 rings (SSSR count). The van der Waals surface area contributed by atoms with Crippen molar-refractivity contribution in [1.29, 1.82) is 0 Å². The van der Waals surface area contributed by atoms with E-state index in [9.17, 15) is 0 Å². The maximum Gasteiger partial charge on any atom is 0.0406 e. The van der Waals surface area contributed by atoms with Gasteiger partial charge in [0.15, 0.2) is 0 Å². The lowest BCUT2D eigenvalue weighted by Crippen LogP contribution is -2.19. The van der Waals surface area contributed by atoms with Gasteiger partial charge in [-0.3, -0.25) is 4.98 Å². The lowest BCUT2D eigenvalue weighted by atomic mass is 9.79. The molecule has 1 aromatic rings. The Balaban J connectivity index is 2.61. The van der Waals surface area contributed by atoms with Crippen LogP contribution in [0.5, 0.6) is 0 Å². The average Bonchev–Trinajstić information content (AvgIpc) is 2.04. The Morgan fingerprint density at radius 2 is 2.00 bits per heavy atom. The molecule has 1 heteroatoms. The fourth-order valence-corrected chi connectivity index (χ4v) is 1.14. The van der Waals surface area contributed by atoms with Gasteiger partial charge < -0.3 is 0 Å². The molecule has 0 amide bonds. The first-order valence-electron chi connectivity index (χ1n) is 4.90. The molecule has 0 aliphatic heterocycles. The van der Waals surface area contributed by atoms with E-state index in [1.165, 1.54) is 5.69 Å². The number of rotatable bonds is 2. The molecule has 1 atom stereocenters. The van der Waals surface area contributed by atoms with Gasteiger partial charge in [0.2, 0.25) is 0 Å².